The van der Waals surface area contributed by atoms with E-state index in [1.165, 1.54) is 43.8 Å². The predicted molar refractivity (Wildman–Crippen MR) is 175 cm³/mol. The molecule has 0 aliphatic heterocycles. The van der Waals surface area contributed by atoms with E-state index in [1.807, 2.05) is 6.07 Å². The standard InChI is InChI=1S/C40H24O2/c1-2-9-26(10-3-1)36-30-11-4-6-13-32(30)37(33-14-7-5-12-31(33)36)27-19-17-25(18-20-27)29-15-8-16-34-35-22-21-28-23-24-41-38(28)40(35)42-39(29)34/h1-24H. The van der Waals surface area contributed by atoms with E-state index >= 15 is 0 Å². The number of rotatable bonds is 3. The molecule has 0 saturated carbocycles. The van der Waals surface area contributed by atoms with Crippen molar-refractivity contribution in [2.45, 2.75) is 0 Å². The van der Waals surface area contributed by atoms with E-state index in [0.717, 1.165) is 44.0 Å². The zero-order valence-corrected chi connectivity index (χ0v) is 22.7. The molecule has 2 aromatic heterocycles. The smallest absolute Gasteiger partial charge is 0.178 e. The number of para-hydroxylation sites is 1. The van der Waals surface area contributed by atoms with Crippen LogP contribution in [0.4, 0.5) is 0 Å². The molecule has 2 heterocycles. The van der Waals surface area contributed by atoms with Gasteiger partial charge in [-0.2, -0.15) is 0 Å². The third-order valence-corrected chi connectivity index (χ3v) is 8.56. The molecule has 9 aromatic rings. The van der Waals surface area contributed by atoms with E-state index < -0.39 is 0 Å². The van der Waals surface area contributed by atoms with Crippen LogP contribution in [0.25, 0.3) is 87.8 Å². The molecule has 42 heavy (non-hydrogen) atoms. The highest BCUT2D eigenvalue weighted by atomic mass is 16.4. The lowest BCUT2D eigenvalue weighted by Crippen LogP contribution is -1.90. The average molecular weight is 537 g/mol. The summed E-state index contributed by atoms with van der Waals surface area (Å²) in [5, 5.41) is 8.25. The SMILES string of the molecule is c1ccc(-c2c3ccccc3c(-c3ccc(-c4cccc5c4oc4c5ccc5ccoc54)cc3)c3ccccc23)cc1. The maximum atomic E-state index is 6.50. The minimum Gasteiger partial charge on any atom is -0.460 e. The molecule has 0 amide bonds. The van der Waals surface area contributed by atoms with Crippen LogP contribution in [0, 0.1) is 0 Å². The Morgan fingerprint density at radius 1 is 0.333 bits per heavy atom. The third kappa shape index (κ3) is 3.33. The van der Waals surface area contributed by atoms with Crippen molar-refractivity contribution in [2.24, 2.45) is 0 Å². The molecule has 0 spiro atoms. The van der Waals surface area contributed by atoms with Crippen LogP contribution in [0.2, 0.25) is 0 Å². The highest BCUT2D eigenvalue weighted by Crippen LogP contribution is 2.44. The summed E-state index contributed by atoms with van der Waals surface area (Å²) in [6.45, 7) is 0. The lowest BCUT2D eigenvalue weighted by molar-refractivity contribution is 0.600. The molecular formula is C40H24O2. The van der Waals surface area contributed by atoms with Crippen molar-refractivity contribution in [3.63, 3.8) is 0 Å². The average Bonchev–Trinajstić information content (AvgIpc) is 3.69. The van der Waals surface area contributed by atoms with Gasteiger partial charge in [0.1, 0.15) is 5.58 Å². The van der Waals surface area contributed by atoms with Crippen LogP contribution < -0.4 is 0 Å². The van der Waals surface area contributed by atoms with Crippen LogP contribution >= 0.6 is 0 Å². The van der Waals surface area contributed by atoms with Gasteiger partial charge in [-0.05, 0) is 61.5 Å². The fraction of sp³-hybridized carbons (Fsp3) is 0. The Labute approximate surface area is 242 Å². The summed E-state index contributed by atoms with van der Waals surface area (Å²) in [4.78, 5) is 0. The fourth-order valence-corrected chi connectivity index (χ4v) is 6.68. The summed E-state index contributed by atoms with van der Waals surface area (Å²) in [5.74, 6) is 0. The Kier molecular flexibility index (Phi) is 4.93. The van der Waals surface area contributed by atoms with Gasteiger partial charge in [-0.1, -0.05) is 127 Å². The molecule has 0 aliphatic rings. The second-order valence-electron chi connectivity index (χ2n) is 10.9. The van der Waals surface area contributed by atoms with Crippen molar-refractivity contribution in [3.8, 4) is 33.4 Å². The van der Waals surface area contributed by atoms with Gasteiger partial charge in [-0.15, -0.1) is 0 Å². The highest BCUT2D eigenvalue weighted by Gasteiger charge is 2.18. The molecule has 2 heteroatoms. The fourth-order valence-electron chi connectivity index (χ4n) is 6.68. The molecule has 7 aromatic carbocycles. The maximum absolute atomic E-state index is 6.50. The lowest BCUT2D eigenvalue weighted by atomic mass is 9.86. The molecule has 0 aliphatic carbocycles. The topological polar surface area (TPSA) is 26.3 Å². The van der Waals surface area contributed by atoms with Crippen LogP contribution in [0.15, 0.2) is 155 Å². The Hall–Kier alpha value is -5.60. The predicted octanol–water partition coefficient (Wildman–Crippen LogP) is 11.6. The number of hydrogen-bond acceptors (Lipinski definition) is 2. The van der Waals surface area contributed by atoms with Crippen LogP contribution in [0.1, 0.15) is 0 Å². The zero-order chi connectivity index (χ0) is 27.6. The highest BCUT2D eigenvalue weighted by molar-refractivity contribution is 6.21. The van der Waals surface area contributed by atoms with Gasteiger partial charge in [-0.25, -0.2) is 0 Å². The normalized spacial score (nSPS) is 11.8. The molecule has 2 nitrogen and oxygen atoms in total. The molecule has 0 atom stereocenters. The third-order valence-electron chi connectivity index (χ3n) is 8.56. The molecular weight excluding hydrogens is 512 g/mol. The van der Waals surface area contributed by atoms with E-state index in [2.05, 4.69) is 133 Å². The molecule has 0 radical (unpaired) electrons. The van der Waals surface area contributed by atoms with E-state index in [1.54, 1.807) is 6.26 Å². The number of hydrogen-bond donors (Lipinski definition) is 0. The first kappa shape index (κ1) is 23.1. The number of furan rings is 2. The van der Waals surface area contributed by atoms with Crippen molar-refractivity contribution < 1.29 is 8.83 Å². The van der Waals surface area contributed by atoms with Gasteiger partial charge in [0, 0.05) is 21.7 Å². The largest absolute Gasteiger partial charge is 0.460 e. The second-order valence-corrected chi connectivity index (χ2v) is 10.9. The molecule has 0 unspecified atom stereocenters. The Bertz CT molecular complexity index is 2380. The van der Waals surface area contributed by atoms with E-state index in [0.29, 0.717) is 0 Å². The number of benzene rings is 7. The van der Waals surface area contributed by atoms with Crippen molar-refractivity contribution in [1.82, 2.24) is 0 Å². The molecule has 0 N–H and O–H groups in total. The Morgan fingerprint density at radius 3 is 1.55 bits per heavy atom. The summed E-state index contributed by atoms with van der Waals surface area (Å²) in [6.07, 6.45) is 1.72. The lowest BCUT2D eigenvalue weighted by Gasteiger charge is -2.18. The van der Waals surface area contributed by atoms with E-state index in [-0.39, 0.29) is 0 Å². The monoisotopic (exact) mass is 536 g/mol. The minimum absolute atomic E-state index is 0.794. The van der Waals surface area contributed by atoms with Crippen LogP contribution in [-0.4, -0.2) is 0 Å². The van der Waals surface area contributed by atoms with Crippen LogP contribution in [0.5, 0.6) is 0 Å². The van der Waals surface area contributed by atoms with Gasteiger partial charge in [0.05, 0.1) is 6.26 Å². The molecule has 196 valence electrons. The molecule has 0 saturated heterocycles. The van der Waals surface area contributed by atoms with Crippen LogP contribution in [-0.2, 0) is 0 Å². The van der Waals surface area contributed by atoms with Gasteiger partial charge in [0.15, 0.2) is 11.2 Å². The summed E-state index contributed by atoms with van der Waals surface area (Å²) in [7, 11) is 0. The zero-order valence-electron chi connectivity index (χ0n) is 22.7. The summed E-state index contributed by atoms with van der Waals surface area (Å²) < 4.78 is 12.3. The van der Waals surface area contributed by atoms with Gasteiger partial charge in [0.2, 0.25) is 0 Å². The summed E-state index contributed by atoms with van der Waals surface area (Å²) in [5.41, 5.74) is 9.64. The molecule has 0 bridgehead atoms. The number of fused-ring (bicyclic) bond motifs is 7. The summed E-state index contributed by atoms with van der Waals surface area (Å²) in [6, 6.07) is 49.8. The Balaban J connectivity index is 1.25. The van der Waals surface area contributed by atoms with Crippen molar-refractivity contribution in [1.29, 1.82) is 0 Å². The van der Waals surface area contributed by atoms with Gasteiger partial charge in [0.25, 0.3) is 0 Å². The first-order valence-electron chi connectivity index (χ1n) is 14.3. The summed E-state index contributed by atoms with van der Waals surface area (Å²) >= 11 is 0. The van der Waals surface area contributed by atoms with Crippen molar-refractivity contribution >= 4 is 54.5 Å². The van der Waals surface area contributed by atoms with Crippen molar-refractivity contribution in [2.75, 3.05) is 0 Å². The second kappa shape index (κ2) is 8.95. The van der Waals surface area contributed by atoms with E-state index in [4.69, 9.17) is 8.83 Å². The van der Waals surface area contributed by atoms with Gasteiger partial charge >= 0.3 is 0 Å². The Morgan fingerprint density at radius 2 is 0.881 bits per heavy atom. The first-order valence-corrected chi connectivity index (χ1v) is 14.3. The maximum Gasteiger partial charge on any atom is 0.178 e. The van der Waals surface area contributed by atoms with Gasteiger partial charge < -0.3 is 8.83 Å². The van der Waals surface area contributed by atoms with E-state index in [9.17, 15) is 0 Å². The van der Waals surface area contributed by atoms with Crippen molar-refractivity contribution in [3.05, 3.63) is 146 Å². The quantitative estimate of drug-likeness (QED) is 0.210. The molecule has 0 fully saturated rings. The first-order chi connectivity index (χ1) is 20.8. The van der Waals surface area contributed by atoms with Crippen LogP contribution in [0.3, 0.4) is 0 Å². The van der Waals surface area contributed by atoms with Gasteiger partial charge in [-0.3, -0.25) is 0 Å². The minimum atomic E-state index is 0.794. The molecule has 9 rings (SSSR count).